The number of nitrogens with two attached hydrogens (primary N) is 1. The van der Waals surface area contributed by atoms with Crippen molar-refractivity contribution in [1.82, 2.24) is 14.5 Å². The monoisotopic (exact) mass is 328 g/mol. The van der Waals surface area contributed by atoms with Crippen molar-refractivity contribution in [3.8, 4) is 0 Å². The Hall–Kier alpha value is -2.21. The lowest BCUT2D eigenvalue weighted by Crippen LogP contribution is -2.51. The molecule has 2 atom stereocenters. The van der Waals surface area contributed by atoms with Crippen molar-refractivity contribution in [2.75, 3.05) is 6.54 Å². The number of amides is 1. The second-order valence-electron chi connectivity index (χ2n) is 6.52. The van der Waals surface area contributed by atoms with Crippen molar-refractivity contribution in [1.29, 1.82) is 0 Å². The first-order valence-corrected chi connectivity index (χ1v) is 8.57. The Kier molecular flexibility index (Phi) is 4.94. The number of carbonyl (C=O) groups is 1. The molecule has 24 heavy (non-hydrogen) atoms. The fraction of sp³-hybridized carbons (Fsp3) is 0.500. The van der Waals surface area contributed by atoms with Gasteiger partial charge in [-0.3, -0.25) is 14.2 Å². The van der Waals surface area contributed by atoms with Gasteiger partial charge in [0.2, 0.25) is 5.91 Å². The molecule has 0 radical (unpaired) electrons. The highest BCUT2D eigenvalue weighted by Crippen LogP contribution is 2.20. The summed E-state index contributed by atoms with van der Waals surface area (Å²) in [4.78, 5) is 31.3. The highest BCUT2D eigenvalue weighted by atomic mass is 16.2. The number of hydrogen-bond donors (Lipinski definition) is 1. The van der Waals surface area contributed by atoms with Crippen molar-refractivity contribution in [2.45, 2.75) is 51.2 Å². The standard InChI is InChI=1S/C18H24N4O2/c1-13(19)16-8-4-5-10-22(16)17(23)9-11-21-12-20-15-7-3-2-6-14(15)18(21)24/h2-3,6-7,12-13,16H,4-5,8-11,19H2,1H3/t13-,16-/m1/s1. The van der Waals surface area contributed by atoms with Crippen LogP contribution in [0.25, 0.3) is 10.9 Å². The Morgan fingerprint density at radius 3 is 2.96 bits per heavy atom. The van der Waals surface area contributed by atoms with E-state index in [0.29, 0.717) is 23.9 Å². The third-order valence-corrected chi connectivity index (χ3v) is 4.77. The number of aryl methyl sites for hydroxylation is 1. The average Bonchev–Trinajstić information content (AvgIpc) is 2.61. The van der Waals surface area contributed by atoms with Crippen LogP contribution in [0.5, 0.6) is 0 Å². The summed E-state index contributed by atoms with van der Waals surface area (Å²) in [7, 11) is 0. The Morgan fingerprint density at radius 1 is 1.38 bits per heavy atom. The van der Waals surface area contributed by atoms with Crippen LogP contribution in [0.15, 0.2) is 35.4 Å². The second kappa shape index (κ2) is 7.13. The zero-order valence-electron chi connectivity index (χ0n) is 14.0. The maximum Gasteiger partial charge on any atom is 0.261 e. The summed E-state index contributed by atoms with van der Waals surface area (Å²) in [6, 6.07) is 7.33. The smallest absolute Gasteiger partial charge is 0.261 e. The van der Waals surface area contributed by atoms with Gasteiger partial charge >= 0.3 is 0 Å². The van der Waals surface area contributed by atoms with Gasteiger partial charge in [-0.2, -0.15) is 0 Å². The number of piperidine rings is 1. The normalized spacial score (nSPS) is 19.4. The summed E-state index contributed by atoms with van der Waals surface area (Å²) in [5.41, 5.74) is 6.61. The van der Waals surface area contributed by atoms with Crippen molar-refractivity contribution >= 4 is 16.8 Å². The highest BCUT2D eigenvalue weighted by Gasteiger charge is 2.28. The van der Waals surface area contributed by atoms with Crippen molar-refractivity contribution < 1.29 is 4.79 Å². The number of fused-ring (bicyclic) bond motifs is 1. The number of nitrogens with zero attached hydrogens (tertiary/aromatic N) is 3. The van der Waals surface area contributed by atoms with Gasteiger partial charge in [-0.25, -0.2) is 4.98 Å². The van der Waals surface area contributed by atoms with Gasteiger partial charge in [0.25, 0.3) is 5.56 Å². The van der Waals surface area contributed by atoms with Crippen LogP contribution in [0.2, 0.25) is 0 Å². The van der Waals surface area contributed by atoms with Crippen LogP contribution in [-0.4, -0.2) is 39.0 Å². The Bertz CT molecular complexity index is 784. The van der Waals surface area contributed by atoms with E-state index in [9.17, 15) is 9.59 Å². The molecule has 0 aliphatic carbocycles. The molecule has 3 rings (SSSR count). The Labute approximate surface area is 141 Å². The zero-order chi connectivity index (χ0) is 17.1. The van der Waals surface area contributed by atoms with Crippen LogP contribution in [0.3, 0.4) is 0 Å². The largest absolute Gasteiger partial charge is 0.338 e. The molecule has 1 saturated heterocycles. The molecule has 6 heteroatoms. The summed E-state index contributed by atoms with van der Waals surface area (Å²) >= 11 is 0. The molecule has 2 heterocycles. The van der Waals surface area contributed by atoms with E-state index in [1.165, 1.54) is 10.9 Å². The first-order chi connectivity index (χ1) is 11.6. The van der Waals surface area contributed by atoms with Gasteiger partial charge in [0.1, 0.15) is 0 Å². The lowest BCUT2D eigenvalue weighted by molar-refractivity contribution is -0.135. The van der Waals surface area contributed by atoms with E-state index < -0.39 is 0 Å². The summed E-state index contributed by atoms with van der Waals surface area (Å²) in [6.07, 6.45) is 4.91. The average molecular weight is 328 g/mol. The van der Waals surface area contributed by atoms with E-state index in [1.54, 1.807) is 6.07 Å². The summed E-state index contributed by atoms with van der Waals surface area (Å²) in [5.74, 6) is 0.0667. The van der Waals surface area contributed by atoms with Crippen molar-refractivity contribution in [3.63, 3.8) is 0 Å². The van der Waals surface area contributed by atoms with Gasteiger partial charge in [0.05, 0.1) is 17.2 Å². The number of hydrogen-bond acceptors (Lipinski definition) is 4. The molecule has 1 fully saturated rings. The minimum atomic E-state index is -0.101. The quantitative estimate of drug-likeness (QED) is 0.922. The van der Waals surface area contributed by atoms with Gasteiger partial charge in [-0.1, -0.05) is 12.1 Å². The number of benzene rings is 1. The topological polar surface area (TPSA) is 81.2 Å². The van der Waals surface area contributed by atoms with Gasteiger partial charge < -0.3 is 10.6 Å². The van der Waals surface area contributed by atoms with E-state index in [1.807, 2.05) is 30.0 Å². The number of carbonyl (C=O) groups excluding carboxylic acids is 1. The molecular weight excluding hydrogens is 304 g/mol. The summed E-state index contributed by atoms with van der Waals surface area (Å²) in [6.45, 7) is 3.06. The number of para-hydroxylation sites is 1. The molecule has 1 aromatic carbocycles. The SMILES string of the molecule is C[C@@H](N)[C@H]1CCCCN1C(=O)CCn1cnc2ccccc2c1=O. The minimum absolute atomic E-state index is 0.0284. The fourth-order valence-electron chi connectivity index (χ4n) is 3.44. The van der Waals surface area contributed by atoms with Crippen molar-refractivity contribution in [2.24, 2.45) is 5.73 Å². The van der Waals surface area contributed by atoms with E-state index in [0.717, 1.165) is 25.8 Å². The van der Waals surface area contributed by atoms with Crippen LogP contribution in [0.1, 0.15) is 32.6 Å². The predicted octanol–water partition coefficient (Wildman–Crippen LogP) is 1.51. The lowest BCUT2D eigenvalue weighted by Gasteiger charge is -2.38. The molecule has 1 aliphatic rings. The molecule has 0 unspecified atom stereocenters. The summed E-state index contributed by atoms with van der Waals surface area (Å²) in [5, 5.41) is 0.582. The molecule has 1 aromatic heterocycles. The van der Waals surface area contributed by atoms with Crippen LogP contribution < -0.4 is 11.3 Å². The van der Waals surface area contributed by atoms with Gasteiger partial charge in [0, 0.05) is 31.6 Å². The van der Waals surface area contributed by atoms with E-state index in [2.05, 4.69) is 4.98 Å². The molecule has 6 nitrogen and oxygen atoms in total. The number of likely N-dealkylation sites (tertiary alicyclic amines) is 1. The number of aromatic nitrogens is 2. The molecule has 0 spiro atoms. The highest BCUT2D eigenvalue weighted by molar-refractivity contribution is 5.78. The van der Waals surface area contributed by atoms with Gasteiger partial charge in [-0.05, 0) is 38.3 Å². The minimum Gasteiger partial charge on any atom is -0.338 e. The zero-order valence-corrected chi connectivity index (χ0v) is 14.0. The van der Waals surface area contributed by atoms with E-state index >= 15 is 0 Å². The van der Waals surface area contributed by atoms with Crippen LogP contribution in [0.4, 0.5) is 0 Å². The first-order valence-electron chi connectivity index (χ1n) is 8.57. The molecule has 1 amide bonds. The van der Waals surface area contributed by atoms with Crippen molar-refractivity contribution in [3.05, 3.63) is 40.9 Å². The molecule has 2 N–H and O–H groups in total. The fourth-order valence-corrected chi connectivity index (χ4v) is 3.44. The van der Waals surface area contributed by atoms with Crippen LogP contribution >= 0.6 is 0 Å². The number of rotatable bonds is 4. The third-order valence-electron chi connectivity index (χ3n) is 4.77. The van der Waals surface area contributed by atoms with Gasteiger partial charge in [0.15, 0.2) is 0 Å². The lowest BCUT2D eigenvalue weighted by atomic mass is 9.96. The Morgan fingerprint density at radius 2 is 2.17 bits per heavy atom. The maximum absolute atomic E-state index is 12.6. The molecule has 0 saturated carbocycles. The molecule has 1 aliphatic heterocycles. The molecular formula is C18H24N4O2. The first kappa shape index (κ1) is 16.6. The molecule has 0 bridgehead atoms. The van der Waals surface area contributed by atoms with E-state index in [4.69, 9.17) is 5.73 Å². The predicted molar refractivity (Wildman–Crippen MR) is 93.6 cm³/mol. The molecule has 2 aromatic rings. The van der Waals surface area contributed by atoms with Gasteiger partial charge in [-0.15, -0.1) is 0 Å². The molecule has 128 valence electrons. The van der Waals surface area contributed by atoms with E-state index in [-0.39, 0.29) is 23.6 Å². The third kappa shape index (κ3) is 3.33. The maximum atomic E-state index is 12.6. The van der Waals surface area contributed by atoms with Crippen LogP contribution in [-0.2, 0) is 11.3 Å². The second-order valence-corrected chi connectivity index (χ2v) is 6.52. The van der Waals surface area contributed by atoms with Crippen LogP contribution in [0, 0.1) is 0 Å². The Balaban J connectivity index is 1.72. The summed E-state index contributed by atoms with van der Waals surface area (Å²) < 4.78 is 1.52.